The average molecular weight is 475 g/mol. The molecular formula is C21H16Cl2N4O3S. The minimum absolute atomic E-state index is 0.201. The Hall–Kier alpha value is -2.86. The monoisotopic (exact) mass is 474 g/mol. The summed E-state index contributed by atoms with van der Waals surface area (Å²) in [6.45, 7) is 3.64. The maximum absolute atomic E-state index is 12.8. The van der Waals surface area contributed by atoms with Crippen molar-refractivity contribution in [2.45, 2.75) is 19.9 Å². The van der Waals surface area contributed by atoms with Gasteiger partial charge in [0.1, 0.15) is 34.4 Å². The Bertz CT molecular complexity index is 1230. The summed E-state index contributed by atoms with van der Waals surface area (Å²) >= 11 is 13.5. The second-order valence-corrected chi connectivity index (χ2v) is 8.46. The largest absolute Gasteiger partial charge is 0.463 e. The molecule has 10 heteroatoms. The average Bonchev–Trinajstić information content (AvgIpc) is 3.32. The first-order valence-electron chi connectivity index (χ1n) is 9.24. The molecule has 0 saturated carbocycles. The van der Waals surface area contributed by atoms with Gasteiger partial charge in [-0.05, 0) is 55.9 Å². The van der Waals surface area contributed by atoms with E-state index in [0.29, 0.717) is 42.9 Å². The fourth-order valence-corrected chi connectivity index (χ4v) is 4.83. The molecule has 158 valence electrons. The van der Waals surface area contributed by atoms with E-state index in [-0.39, 0.29) is 18.0 Å². The Labute approximate surface area is 192 Å². The highest BCUT2D eigenvalue weighted by Gasteiger charge is 2.44. The Morgan fingerprint density at radius 2 is 2.16 bits per heavy atom. The van der Waals surface area contributed by atoms with E-state index in [4.69, 9.17) is 38.1 Å². The van der Waals surface area contributed by atoms with E-state index >= 15 is 0 Å². The Morgan fingerprint density at radius 1 is 1.39 bits per heavy atom. The number of halogens is 2. The van der Waals surface area contributed by atoms with Crippen LogP contribution >= 0.6 is 35.0 Å². The van der Waals surface area contributed by atoms with Gasteiger partial charge in [0.15, 0.2) is 5.17 Å². The summed E-state index contributed by atoms with van der Waals surface area (Å²) in [6.07, 6.45) is 0. The summed E-state index contributed by atoms with van der Waals surface area (Å²) in [6, 6.07) is 9.90. The third kappa shape index (κ3) is 3.69. The predicted octanol–water partition coefficient (Wildman–Crippen LogP) is 5.20. The number of aliphatic imine (C=N–C) groups is 1. The fraction of sp³-hybridized carbons (Fsp3) is 0.190. The van der Waals surface area contributed by atoms with Crippen molar-refractivity contribution in [1.29, 1.82) is 5.26 Å². The van der Waals surface area contributed by atoms with Gasteiger partial charge in [-0.1, -0.05) is 23.2 Å². The van der Waals surface area contributed by atoms with E-state index < -0.39 is 12.0 Å². The van der Waals surface area contributed by atoms with E-state index in [1.54, 1.807) is 49.1 Å². The summed E-state index contributed by atoms with van der Waals surface area (Å²) < 4.78 is 11.4. The van der Waals surface area contributed by atoms with Crippen LogP contribution in [0.5, 0.6) is 0 Å². The summed E-state index contributed by atoms with van der Waals surface area (Å²) in [4.78, 5) is 19.2. The summed E-state index contributed by atoms with van der Waals surface area (Å²) in [5.74, 6) is 0.599. The molecule has 0 aliphatic carbocycles. The Balaban J connectivity index is 1.84. The van der Waals surface area contributed by atoms with Gasteiger partial charge in [-0.3, -0.25) is 4.90 Å². The van der Waals surface area contributed by atoms with Crippen molar-refractivity contribution in [2.75, 3.05) is 6.61 Å². The van der Waals surface area contributed by atoms with Crippen LogP contribution in [0, 0.1) is 11.3 Å². The summed E-state index contributed by atoms with van der Waals surface area (Å²) in [5.41, 5.74) is 7.65. The van der Waals surface area contributed by atoms with E-state index in [1.165, 1.54) is 0 Å². The number of hydrogen-bond acceptors (Lipinski definition) is 8. The number of amidine groups is 1. The quantitative estimate of drug-likeness (QED) is 0.606. The number of nitriles is 1. The Morgan fingerprint density at radius 3 is 2.84 bits per heavy atom. The van der Waals surface area contributed by atoms with Crippen molar-refractivity contribution >= 4 is 46.1 Å². The number of carbonyl (C=O) groups excluding carboxylic acids is 1. The van der Waals surface area contributed by atoms with Crippen molar-refractivity contribution in [2.24, 2.45) is 10.7 Å². The van der Waals surface area contributed by atoms with Gasteiger partial charge in [0, 0.05) is 10.6 Å². The molecule has 0 fully saturated rings. The number of ether oxygens (including phenoxy) is 1. The van der Waals surface area contributed by atoms with Gasteiger partial charge in [0.25, 0.3) is 0 Å². The number of fused-ring (bicyclic) bond motifs is 1. The normalized spacial score (nSPS) is 18.1. The zero-order valence-corrected chi connectivity index (χ0v) is 18.8. The fourth-order valence-electron chi connectivity index (χ4n) is 3.41. The molecule has 0 spiro atoms. The van der Waals surface area contributed by atoms with Gasteiger partial charge in [-0.25, -0.2) is 9.79 Å². The highest BCUT2D eigenvalue weighted by Crippen LogP contribution is 2.46. The maximum atomic E-state index is 12.8. The number of rotatable bonds is 4. The first kappa shape index (κ1) is 21.4. The van der Waals surface area contributed by atoms with Gasteiger partial charge in [0.2, 0.25) is 0 Å². The highest BCUT2D eigenvalue weighted by atomic mass is 35.5. The van der Waals surface area contributed by atoms with Gasteiger partial charge in [-0.2, -0.15) is 5.26 Å². The number of furan rings is 1. The minimum Gasteiger partial charge on any atom is -0.463 e. The molecule has 0 radical (unpaired) electrons. The number of allylic oxidation sites excluding steroid dienone is 2. The van der Waals surface area contributed by atoms with E-state index in [1.807, 2.05) is 0 Å². The van der Waals surface area contributed by atoms with Crippen LogP contribution in [0.1, 0.15) is 25.6 Å². The first-order chi connectivity index (χ1) is 14.8. The van der Waals surface area contributed by atoms with Crippen LogP contribution in [0.2, 0.25) is 10.0 Å². The van der Waals surface area contributed by atoms with Crippen LogP contribution in [0.3, 0.4) is 0 Å². The molecule has 0 saturated heterocycles. The molecule has 0 bridgehead atoms. The standard InChI is InChI=1S/C21H16Cl2N4O3S/c1-3-29-20(28)17-10(2)26-21-27(19(25)16(9-24)31-21)18(17)15-7-6-14(30-15)12-5-4-11(22)8-13(12)23/h4-8,18H,3,25H2,1-2H3/t18-/m0/s1. The van der Waals surface area contributed by atoms with E-state index in [2.05, 4.69) is 11.1 Å². The van der Waals surface area contributed by atoms with Crippen molar-refractivity contribution in [3.63, 3.8) is 0 Å². The van der Waals surface area contributed by atoms with Gasteiger partial charge >= 0.3 is 5.97 Å². The van der Waals surface area contributed by atoms with Gasteiger partial charge in [0.05, 0.1) is 22.9 Å². The number of benzene rings is 1. The maximum Gasteiger partial charge on any atom is 0.338 e. The molecule has 7 nitrogen and oxygen atoms in total. The van der Waals surface area contributed by atoms with Crippen LogP contribution in [-0.4, -0.2) is 22.6 Å². The molecule has 1 aromatic carbocycles. The molecule has 31 heavy (non-hydrogen) atoms. The van der Waals surface area contributed by atoms with Crippen LogP contribution in [0.15, 0.2) is 61.7 Å². The van der Waals surface area contributed by atoms with Crippen molar-refractivity contribution in [3.05, 3.63) is 68.1 Å². The van der Waals surface area contributed by atoms with Gasteiger partial charge < -0.3 is 14.9 Å². The SMILES string of the molecule is CCOC(=O)C1=C(C)N=C2SC(C#N)=C(N)N2[C@H]1c1ccc(-c2ccc(Cl)cc2Cl)o1. The number of carbonyl (C=O) groups is 1. The predicted molar refractivity (Wildman–Crippen MR) is 120 cm³/mol. The van der Waals surface area contributed by atoms with Crippen LogP contribution < -0.4 is 5.73 Å². The smallest absolute Gasteiger partial charge is 0.338 e. The van der Waals surface area contributed by atoms with Crippen molar-refractivity contribution in [3.8, 4) is 17.4 Å². The zero-order valence-electron chi connectivity index (χ0n) is 16.5. The third-order valence-corrected chi connectivity index (χ3v) is 6.29. The second kappa shape index (κ2) is 8.35. The first-order valence-corrected chi connectivity index (χ1v) is 10.8. The molecule has 2 aliphatic rings. The summed E-state index contributed by atoms with van der Waals surface area (Å²) in [7, 11) is 0. The van der Waals surface area contributed by atoms with E-state index in [9.17, 15) is 10.1 Å². The number of nitrogens with zero attached hydrogens (tertiary/aromatic N) is 3. The molecule has 3 heterocycles. The third-order valence-electron chi connectivity index (χ3n) is 4.77. The molecule has 2 aromatic rings. The Kier molecular flexibility index (Phi) is 5.75. The van der Waals surface area contributed by atoms with Crippen molar-refractivity contribution in [1.82, 2.24) is 4.90 Å². The van der Waals surface area contributed by atoms with Crippen LogP contribution in [-0.2, 0) is 9.53 Å². The summed E-state index contributed by atoms with van der Waals surface area (Å²) in [5, 5.41) is 10.9. The molecular weight excluding hydrogens is 459 g/mol. The van der Waals surface area contributed by atoms with Crippen LogP contribution in [0.4, 0.5) is 0 Å². The minimum atomic E-state index is -0.746. The number of hydrogen-bond donors (Lipinski definition) is 1. The molecule has 2 aliphatic heterocycles. The second-order valence-electron chi connectivity index (χ2n) is 6.64. The molecule has 2 N–H and O–H groups in total. The molecule has 0 unspecified atom stereocenters. The zero-order chi connectivity index (χ0) is 22.3. The van der Waals surface area contributed by atoms with Crippen molar-refractivity contribution < 1.29 is 13.9 Å². The molecule has 4 rings (SSSR count). The lowest BCUT2D eigenvalue weighted by Crippen LogP contribution is -2.38. The lowest BCUT2D eigenvalue weighted by Gasteiger charge is -2.33. The number of esters is 1. The molecule has 1 aromatic heterocycles. The molecule has 0 amide bonds. The van der Waals surface area contributed by atoms with E-state index in [0.717, 1.165) is 11.8 Å². The van der Waals surface area contributed by atoms with Crippen LogP contribution in [0.25, 0.3) is 11.3 Å². The topological polar surface area (TPSA) is 105 Å². The number of nitrogens with two attached hydrogens (primary N) is 1. The lowest BCUT2D eigenvalue weighted by atomic mass is 10.00. The lowest BCUT2D eigenvalue weighted by molar-refractivity contribution is -0.139. The highest BCUT2D eigenvalue weighted by molar-refractivity contribution is 8.17. The molecule has 1 atom stereocenters. The van der Waals surface area contributed by atoms with Gasteiger partial charge in [-0.15, -0.1) is 0 Å². The number of thioether (sulfide) groups is 1.